The molecule has 1 saturated heterocycles. The summed E-state index contributed by atoms with van der Waals surface area (Å²) in [5.74, 6) is -0.137. The van der Waals surface area contributed by atoms with Gasteiger partial charge in [-0.15, -0.1) is 0 Å². The molecule has 1 aliphatic heterocycles. The lowest BCUT2D eigenvalue weighted by molar-refractivity contribution is -0.135. The average Bonchev–Trinajstić information content (AvgIpc) is 3.05. The Labute approximate surface area is 150 Å². The Morgan fingerprint density at radius 3 is 2.40 bits per heavy atom. The lowest BCUT2D eigenvalue weighted by Gasteiger charge is -2.33. The van der Waals surface area contributed by atoms with Gasteiger partial charge in [-0.3, -0.25) is 4.79 Å². The summed E-state index contributed by atoms with van der Waals surface area (Å²) in [6.07, 6.45) is 2.41. The second kappa shape index (κ2) is 7.76. The molecule has 0 radical (unpaired) electrons. The van der Waals surface area contributed by atoms with Crippen LogP contribution in [0.3, 0.4) is 0 Å². The van der Waals surface area contributed by atoms with E-state index in [0.717, 1.165) is 18.7 Å². The van der Waals surface area contributed by atoms with E-state index in [1.807, 2.05) is 32.9 Å². The first-order valence-electron chi connectivity index (χ1n) is 8.84. The summed E-state index contributed by atoms with van der Waals surface area (Å²) in [5, 5.41) is 2.59. The Hall–Kier alpha value is -2.24. The normalized spacial score (nSPS) is 15.8. The minimum absolute atomic E-state index is 0.137. The predicted octanol–water partition coefficient (Wildman–Crippen LogP) is 2.33. The van der Waals surface area contributed by atoms with Crippen LogP contribution in [0.1, 0.15) is 39.2 Å². The molecule has 3 N–H and O–H groups in total. The predicted molar refractivity (Wildman–Crippen MR) is 100 cm³/mol. The van der Waals surface area contributed by atoms with Gasteiger partial charge in [0.05, 0.1) is 0 Å². The third-order valence-electron chi connectivity index (χ3n) is 4.62. The molecule has 1 unspecified atom stereocenters. The molecule has 6 nitrogen and oxygen atoms in total. The molecule has 6 heteroatoms. The van der Waals surface area contributed by atoms with Crippen LogP contribution in [0.5, 0.6) is 0 Å². The van der Waals surface area contributed by atoms with Gasteiger partial charge >= 0.3 is 6.03 Å². The van der Waals surface area contributed by atoms with E-state index in [9.17, 15) is 9.59 Å². The van der Waals surface area contributed by atoms with Crippen molar-refractivity contribution in [3.63, 3.8) is 0 Å². The summed E-state index contributed by atoms with van der Waals surface area (Å²) in [4.78, 5) is 28.2. The van der Waals surface area contributed by atoms with Crippen LogP contribution in [0, 0.1) is 5.41 Å². The van der Waals surface area contributed by atoms with Gasteiger partial charge in [0.1, 0.15) is 6.04 Å². The molecule has 0 aliphatic carbocycles. The Morgan fingerprint density at radius 1 is 1.24 bits per heavy atom. The van der Waals surface area contributed by atoms with Crippen molar-refractivity contribution in [1.82, 2.24) is 10.2 Å². The Morgan fingerprint density at radius 2 is 1.84 bits per heavy atom. The molecule has 1 heterocycles. The van der Waals surface area contributed by atoms with Gasteiger partial charge in [-0.05, 0) is 29.9 Å². The number of nitrogens with one attached hydrogen (secondary N) is 1. The summed E-state index contributed by atoms with van der Waals surface area (Å²) in [5.41, 5.74) is 7.15. The van der Waals surface area contributed by atoms with Crippen LogP contribution < -0.4 is 16.0 Å². The summed E-state index contributed by atoms with van der Waals surface area (Å²) in [7, 11) is 1.77. The van der Waals surface area contributed by atoms with Gasteiger partial charge in [-0.25, -0.2) is 4.79 Å². The van der Waals surface area contributed by atoms with Crippen molar-refractivity contribution < 1.29 is 9.59 Å². The largest absolute Gasteiger partial charge is 0.371 e. The highest BCUT2D eigenvalue weighted by molar-refractivity contribution is 5.87. The number of hydrogen-bond acceptors (Lipinski definition) is 3. The van der Waals surface area contributed by atoms with Crippen molar-refractivity contribution in [3.8, 4) is 0 Å². The molecule has 0 bridgehead atoms. The molecule has 1 fully saturated rings. The summed E-state index contributed by atoms with van der Waals surface area (Å²) in [6.45, 7) is 8.36. The zero-order valence-electron chi connectivity index (χ0n) is 15.7. The third kappa shape index (κ3) is 4.87. The molecule has 0 aromatic heterocycles. The maximum atomic E-state index is 12.9. The lowest BCUT2D eigenvalue weighted by atomic mass is 9.86. The highest BCUT2D eigenvalue weighted by Crippen LogP contribution is 2.26. The number of carbonyl (C=O) groups excluding carboxylic acids is 2. The van der Waals surface area contributed by atoms with E-state index in [-0.39, 0.29) is 5.91 Å². The average molecular weight is 346 g/mol. The third-order valence-corrected chi connectivity index (χ3v) is 4.62. The minimum Gasteiger partial charge on any atom is -0.371 e. The first kappa shape index (κ1) is 19.1. The fourth-order valence-electron chi connectivity index (χ4n) is 3.26. The number of amides is 3. The van der Waals surface area contributed by atoms with Crippen LogP contribution in [0.4, 0.5) is 10.5 Å². The quantitative estimate of drug-likeness (QED) is 0.859. The Balaban J connectivity index is 2.16. The van der Waals surface area contributed by atoms with Gasteiger partial charge in [0.2, 0.25) is 5.91 Å². The monoisotopic (exact) mass is 346 g/mol. The smallest absolute Gasteiger partial charge is 0.312 e. The molecular formula is C19H30N4O2. The van der Waals surface area contributed by atoms with E-state index in [4.69, 9.17) is 5.73 Å². The molecule has 1 aliphatic rings. The van der Waals surface area contributed by atoms with Crippen LogP contribution in [-0.4, -0.2) is 43.0 Å². The van der Waals surface area contributed by atoms with Crippen molar-refractivity contribution in [3.05, 3.63) is 29.8 Å². The summed E-state index contributed by atoms with van der Waals surface area (Å²) < 4.78 is 0. The van der Waals surface area contributed by atoms with E-state index >= 15 is 0 Å². The van der Waals surface area contributed by atoms with Gasteiger partial charge < -0.3 is 20.9 Å². The Bertz CT molecular complexity index is 618. The topological polar surface area (TPSA) is 78.7 Å². The summed E-state index contributed by atoms with van der Waals surface area (Å²) >= 11 is 0. The van der Waals surface area contributed by atoms with E-state index in [1.165, 1.54) is 18.5 Å². The molecule has 3 amide bonds. The van der Waals surface area contributed by atoms with Gasteiger partial charge in [0.25, 0.3) is 0 Å². The number of benzene rings is 1. The molecular weight excluding hydrogens is 316 g/mol. The molecule has 1 aromatic carbocycles. The molecule has 1 atom stereocenters. The molecule has 0 saturated carbocycles. The Kier molecular flexibility index (Phi) is 5.93. The number of anilines is 1. The number of primary amides is 1. The highest BCUT2D eigenvalue weighted by Gasteiger charge is 2.34. The van der Waals surface area contributed by atoms with Gasteiger partial charge in [-0.1, -0.05) is 39.0 Å². The van der Waals surface area contributed by atoms with Crippen LogP contribution in [0.2, 0.25) is 0 Å². The van der Waals surface area contributed by atoms with Crippen LogP contribution in [0.15, 0.2) is 24.3 Å². The van der Waals surface area contributed by atoms with Gasteiger partial charge in [0.15, 0.2) is 0 Å². The van der Waals surface area contributed by atoms with Crippen molar-refractivity contribution in [2.24, 2.45) is 11.1 Å². The minimum atomic E-state index is -0.681. The van der Waals surface area contributed by atoms with Crippen LogP contribution >= 0.6 is 0 Å². The first-order chi connectivity index (χ1) is 11.7. The highest BCUT2D eigenvalue weighted by atomic mass is 16.2. The molecule has 1 aromatic rings. The zero-order chi connectivity index (χ0) is 18.6. The number of hydrogen-bond donors (Lipinski definition) is 2. The maximum Gasteiger partial charge on any atom is 0.312 e. The van der Waals surface area contributed by atoms with Crippen LogP contribution in [-0.2, 0) is 11.3 Å². The molecule has 0 spiro atoms. The number of urea groups is 1. The van der Waals surface area contributed by atoms with Crippen molar-refractivity contribution >= 4 is 17.6 Å². The van der Waals surface area contributed by atoms with Gasteiger partial charge in [-0.2, -0.15) is 0 Å². The van der Waals surface area contributed by atoms with Crippen molar-refractivity contribution in [2.45, 2.75) is 46.2 Å². The molecule has 2 rings (SSSR count). The zero-order valence-corrected chi connectivity index (χ0v) is 15.7. The first-order valence-corrected chi connectivity index (χ1v) is 8.84. The fourth-order valence-corrected chi connectivity index (χ4v) is 3.26. The SMILES string of the molecule is CN(Cc1ccccc1N1CCCC1)C(=O)C(NC(N)=O)C(C)(C)C. The van der Waals surface area contributed by atoms with E-state index in [1.54, 1.807) is 11.9 Å². The van der Waals surface area contributed by atoms with Crippen molar-refractivity contribution in [1.29, 1.82) is 0 Å². The van der Waals surface area contributed by atoms with E-state index < -0.39 is 17.5 Å². The number of carbonyl (C=O) groups is 2. The van der Waals surface area contributed by atoms with Crippen molar-refractivity contribution in [2.75, 3.05) is 25.0 Å². The lowest BCUT2D eigenvalue weighted by Crippen LogP contribution is -2.55. The molecule has 25 heavy (non-hydrogen) atoms. The fraction of sp³-hybridized carbons (Fsp3) is 0.579. The second-order valence-electron chi connectivity index (χ2n) is 7.82. The standard InChI is InChI=1S/C19H30N4O2/c1-19(2,3)16(21-18(20)25)17(24)22(4)13-14-9-5-6-10-15(14)23-11-7-8-12-23/h5-6,9-10,16H,7-8,11-13H2,1-4H3,(H3,20,21,25). The van der Waals surface area contributed by atoms with Crippen LogP contribution in [0.25, 0.3) is 0 Å². The number of likely N-dealkylation sites (N-methyl/N-ethyl adjacent to an activating group) is 1. The second-order valence-corrected chi connectivity index (χ2v) is 7.82. The number of rotatable bonds is 5. The number of nitrogens with zero attached hydrogens (tertiary/aromatic N) is 2. The number of para-hydroxylation sites is 1. The van der Waals surface area contributed by atoms with E-state index in [2.05, 4.69) is 22.3 Å². The summed E-state index contributed by atoms with van der Waals surface area (Å²) in [6, 6.07) is 6.86. The maximum absolute atomic E-state index is 12.9. The molecule has 138 valence electrons. The van der Waals surface area contributed by atoms with Gasteiger partial charge in [0, 0.05) is 32.4 Å². The number of nitrogens with two attached hydrogens (primary N) is 1. The van der Waals surface area contributed by atoms with E-state index in [0.29, 0.717) is 6.54 Å².